The molecule has 0 saturated heterocycles. The van der Waals surface area contributed by atoms with E-state index in [9.17, 15) is 0 Å². The fourth-order valence-corrected chi connectivity index (χ4v) is 6.04. The zero-order valence-electron chi connectivity index (χ0n) is 18.2. The van der Waals surface area contributed by atoms with E-state index in [1.165, 1.54) is 54.9 Å². The highest BCUT2D eigenvalue weighted by molar-refractivity contribution is 6.12. The first-order valence-corrected chi connectivity index (χ1v) is 11.5. The lowest BCUT2D eigenvalue weighted by Gasteiger charge is -2.34. The molecule has 33 heavy (non-hydrogen) atoms. The molecule has 0 unspecified atom stereocenters. The summed E-state index contributed by atoms with van der Waals surface area (Å²) in [7, 11) is 0. The Morgan fingerprint density at radius 2 is 0.970 bits per heavy atom. The Balaban J connectivity index is 1.74. The molecular formula is C33H22. The molecule has 0 saturated carbocycles. The Morgan fingerprint density at radius 1 is 0.364 bits per heavy atom. The summed E-state index contributed by atoms with van der Waals surface area (Å²) in [6.07, 6.45) is 0. The minimum atomic E-state index is -0.365. The van der Waals surface area contributed by atoms with Crippen molar-refractivity contribution in [3.63, 3.8) is 0 Å². The monoisotopic (exact) mass is 418 g/mol. The third-order valence-corrected chi connectivity index (χ3v) is 7.34. The fourth-order valence-electron chi connectivity index (χ4n) is 6.04. The fraction of sp³-hybridized carbons (Fsp3) is 0.0303. The predicted octanol–water partition coefficient (Wildman–Crippen LogP) is 8.36. The molecule has 0 aromatic heterocycles. The van der Waals surface area contributed by atoms with E-state index in [1.807, 2.05) is 0 Å². The third kappa shape index (κ3) is 2.41. The van der Waals surface area contributed by atoms with Crippen molar-refractivity contribution in [1.29, 1.82) is 0 Å². The van der Waals surface area contributed by atoms with Gasteiger partial charge in [-0.3, -0.25) is 0 Å². The van der Waals surface area contributed by atoms with E-state index in [2.05, 4.69) is 133 Å². The smallest absolute Gasteiger partial charge is 0.0622 e. The topological polar surface area (TPSA) is 0 Å². The summed E-state index contributed by atoms with van der Waals surface area (Å²) in [6.45, 7) is 0. The first-order valence-electron chi connectivity index (χ1n) is 11.5. The molecule has 0 heteroatoms. The lowest BCUT2D eigenvalue weighted by molar-refractivity contribution is 0.775. The van der Waals surface area contributed by atoms with Crippen molar-refractivity contribution < 1.29 is 0 Å². The summed E-state index contributed by atoms with van der Waals surface area (Å²) in [5.74, 6) is 0. The van der Waals surface area contributed by atoms with Crippen LogP contribution in [-0.4, -0.2) is 0 Å². The minimum Gasteiger partial charge on any atom is -0.0622 e. The number of fused-ring (bicyclic) bond motifs is 7. The van der Waals surface area contributed by atoms with Crippen LogP contribution in [0.4, 0.5) is 0 Å². The van der Waals surface area contributed by atoms with E-state index in [-0.39, 0.29) is 5.41 Å². The van der Waals surface area contributed by atoms with Crippen LogP contribution in [0, 0.1) is 0 Å². The van der Waals surface area contributed by atoms with Crippen LogP contribution in [0.25, 0.3) is 32.7 Å². The zero-order valence-corrected chi connectivity index (χ0v) is 18.2. The second-order valence-electron chi connectivity index (χ2n) is 8.90. The van der Waals surface area contributed by atoms with Gasteiger partial charge in [0, 0.05) is 0 Å². The molecule has 6 aromatic carbocycles. The van der Waals surface area contributed by atoms with Crippen molar-refractivity contribution in [2.75, 3.05) is 0 Å². The molecule has 0 bridgehead atoms. The molecule has 0 fully saturated rings. The van der Waals surface area contributed by atoms with Crippen molar-refractivity contribution in [1.82, 2.24) is 0 Å². The maximum absolute atomic E-state index is 2.34. The molecule has 0 spiro atoms. The Bertz CT molecular complexity index is 1600. The van der Waals surface area contributed by atoms with Gasteiger partial charge in [0.2, 0.25) is 0 Å². The molecule has 0 nitrogen and oxygen atoms in total. The van der Waals surface area contributed by atoms with Crippen molar-refractivity contribution in [2.24, 2.45) is 0 Å². The van der Waals surface area contributed by atoms with E-state index in [4.69, 9.17) is 0 Å². The van der Waals surface area contributed by atoms with Crippen molar-refractivity contribution in [3.05, 3.63) is 156 Å². The van der Waals surface area contributed by atoms with Crippen LogP contribution in [-0.2, 0) is 5.41 Å². The van der Waals surface area contributed by atoms with Crippen LogP contribution in [0.3, 0.4) is 0 Å². The average Bonchev–Trinajstić information content (AvgIpc) is 3.21. The Kier molecular flexibility index (Phi) is 3.86. The van der Waals surface area contributed by atoms with Gasteiger partial charge in [-0.15, -0.1) is 0 Å². The Hall–Kier alpha value is -4.16. The molecule has 0 N–H and O–H groups in total. The van der Waals surface area contributed by atoms with Gasteiger partial charge < -0.3 is 0 Å². The minimum absolute atomic E-state index is 0.365. The molecule has 0 heterocycles. The standard InChI is InChI=1S/C33H22/c1-3-12-24(13-4-1)33(25-14-5-2-6-15-25)31-18-10-9-17-28(31)30-22-21-27-26-16-8-7-11-23(26)19-20-29(27)32(30)33/h1-22H. The quantitative estimate of drug-likeness (QED) is 0.247. The van der Waals surface area contributed by atoms with Gasteiger partial charge in [-0.1, -0.05) is 133 Å². The molecule has 6 aromatic rings. The summed E-state index contributed by atoms with van der Waals surface area (Å²) in [6, 6.07) is 49.0. The average molecular weight is 419 g/mol. The molecule has 0 amide bonds. The van der Waals surface area contributed by atoms with E-state index >= 15 is 0 Å². The van der Waals surface area contributed by atoms with Gasteiger partial charge in [0.05, 0.1) is 5.41 Å². The van der Waals surface area contributed by atoms with Crippen LogP contribution in [0.2, 0.25) is 0 Å². The van der Waals surface area contributed by atoms with Gasteiger partial charge in [-0.25, -0.2) is 0 Å². The largest absolute Gasteiger partial charge is 0.0719 e. The van der Waals surface area contributed by atoms with Crippen molar-refractivity contribution >= 4 is 21.5 Å². The highest BCUT2D eigenvalue weighted by Crippen LogP contribution is 2.58. The van der Waals surface area contributed by atoms with Gasteiger partial charge in [0.1, 0.15) is 0 Å². The van der Waals surface area contributed by atoms with Gasteiger partial charge in [-0.2, -0.15) is 0 Å². The van der Waals surface area contributed by atoms with Gasteiger partial charge in [0.15, 0.2) is 0 Å². The lowest BCUT2D eigenvalue weighted by Crippen LogP contribution is -2.28. The first kappa shape index (κ1) is 18.4. The van der Waals surface area contributed by atoms with Crippen LogP contribution in [0.15, 0.2) is 133 Å². The first-order chi connectivity index (χ1) is 16.4. The van der Waals surface area contributed by atoms with Crippen LogP contribution in [0.5, 0.6) is 0 Å². The van der Waals surface area contributed by atoms with E-state index in [0.29, 0.717) is 0 Å². The molecular weight excluding hydrogens is 396 g/mol. The number of benzene rings is 6. The highest BCUT2D eigenvalue weighted by Gasteiger charge is 2.46. The number of hydrogen-bond acceptors (Lipinski definition) is 0. The van der Waals surface area contributed by atoms with Crippen molar-refractivity contribution in [3.8, 4) is 11.1 Å². The van der Waals surface area contributed by atoms with Gasteiger partial charge >= 0.3 is 0 Å². The summed E-state index contributed by atoms with van der Waals surface area (Å²) in [4.78, 5) is 0. The lowest BCUT2D eigenvalue weighted by atomic mass is 9.66. The van der Waals surface area contributed by atoms with Crippen LogP contribution >= 0.6 is 0 Å². The SMILES string of the molecule is c1ccc(C2(c3ccccc3)c3ccccc3-c3ccc4c(ccc5ccccc54)c32)cc1. The third-order valence-electron chi connectivity index (χ3n) is 7.34. The molecule has 154 valence electrons. The summed E-state index contributed by atoms with van der Waals surface area (Å²) in [5.41, 5.74) is 7.67. The van der Waals surface area contributed by atoms with Crippen LogP contribution < -0.4 is 0 Å². The van der Waals surface area contributed by atoms with Crippen LogP contribution in [0.1, 0.15) is 22.3 Å². The normalized spacial score (nSPS) is 13.7. The Morgan fingerprint density at radius 3 is 1.73 bits per heavy atom. The maximum Gasteiger partial charge on any atom is 0.0719 e. The summed E-state index contributed by atoms with van der Waals surface area (Å²) >= 11 is 0. The van der Waals surface area contributed by atoms with E-state index in [0.717, 1.165) is 0 Å². The van der Waals surface area contributed by atoms with Gasteiger partial charge in [-0.05, 0) is 54.9 Å². The summed E-state index contributed by atoms with van der Waals surface area (Å²) < 4.78 is 0. The molecule has 1 aliphatic carbocycles. The molecule has 0 aliphatic heterocycles. The van der Waals surface area contributed by atoms with Crippen molar-refractivity contribution in [2.45, 2.75) is 5.41 Å². The number of rotatable bonds is 2. The van der Waals surface area contributed by atoms with E-state index in [1.54, 1.807) is 0 Å². The molecule has 0 atom stereocenters. The highest BCUT2D eigenvalue weighted by atomic mass is 14.5. The Labute approximate surface area is 193 Å². The molecule has 1 aliphatic rings. The molecule has 7 rings (SSSR count). The predicted molar refractivity (Wildman–Crippen MR) is 139 cm³/mol. The van der Waals surface area contributed by atoms with Gasteiger partial charge in [0.25, 0.3) is 0 Å². The number of hydrogen-bond donors (Lipinski definition) is 0. The summed E-state index contributed by atoms with van der Waals surface area (Å²) in [5, 5.41) is 5.24. The van der Waals surface area contributed by atoms with E-state index < -0.39 is 0 Å². The second-order valence-corrected chi connectivity index (χ2v) is 8.90. The second kappa shape index (κ2) is 6.92. The maximum atomic E-state index is 2.34. The molecule has 0 radical (unpaired) electrons. The zero-order chi connectivity index (χ0) is 21.8.